The molecule has 0 aromatic carbocycles. The maximum absolute atomic E-state index is 11.6. The molecule has 134 valence electrons. The molecule has 9 heteroatoms. The number of aromatic nitrogens is 2. The Bertz CT molecular complexity index is 518. The van der Waals surface area contributed by atoms with Gasteiger partial charge in [-0.2, -0.15) is 0 Å². The van der Waals surface area contributed by atoms with Crippen molar-refractivity contribution in [1.82, 2.24) is 25.5 Å². The van der Waals surface area contributed by atoms with Gasteiger partial charge in [0.15, 0.2) is 5.96 Å². The Morgan fingerprint density at radius 1 is 1.12 bits per heavy atom. The first kappa shape index (κ1) is 20.4. The molecular formula is C15H26IN7O. The van der Waals surface area contributed by atoms with Crippen LogP contribution in [0.15, 0.2) is 23.5 Å². The molecule has 1 fully saturated rings. The molecule has 0 atom stereocenters. The van der Waals surface area contributed by atoms with Crippen LogP contribution < -0.4 is 15.5 Å². The molecule has 1 aliphatic rings. The van der Waals surface area contributed by atoms with Gasteiger partial charge < -0.3 is 20.4 Å². The van der Waals surface area contributed by atoms with Gasteiger partial charge in [0.05, 0.1) is 0 Å². The van der Waals surface area contributed by atoms with Crippen molar-refractivity contribution in [2.45, 2.75) is 13.8 Å². The van der Waals surface area contributed by atoms with Crippen molar-refractivity contribution in [2.75, 3.05) is 50.7 Å². The van der Waals surface area contributed by atoms with Crippen LogP contribution >= 0.6 is 24.0 Å². The van der Waals surface area contributed by atoms with Gasteiger partial charge in [-0.25, -0.2) is 15.0 Å². The molecule has 0 spiro atoms. The standard InChI is InChI=1S/C15H25N7O.HI/c1-3-16-13(23)12-20-14(17-4-2)21-8-10-22(11-9-21)15-18-6-5-7-19-15;/h5-7H,3-4,8-12H2,1-2H3,(H,16,23)(H,17,20);1H. The van der Waals surface area contributed by atoms with E-state index in [4.69, 9.17) is 0 Å². The zero-order chi connectivity index (χ0) is 16.5. The minimum absolute atomic E-state index is 0. The summed E-state index contributed by atoms with van der Waals surface area (Å²) in [7, 11) is 0. The lowest BCUT2D eigenvalue weighted by molar-refractivity contribution is -0.119. The number of rotatable bonds is 5. The summed E-state index contributed by atoms with van der Waals surface area (Å²) in [6.45, 7) is 8.77. The van der Waals surface area contributed by atoms with Crippen molar-refractivity contribution in [3.63, 3.8) is 0 Å². The summed E-state index contributed by atoms with van der Waals surface area (Å²) in [6, 6.07) is 1.82. The minimum atomic E-state index is -0.0563. The Morgan fingerprint density at radius 3 is 2.33 bits per heavy atom. The van der Waals surface area contributed by atoms with Gasteiger partial charge in [0.1, 0.15) is 6.54 Å². The fraction of sp³-hybridized carbons (Fsp3) is 0.600. The second kappa shape index (κ2) is 11.0. The molecule has 0 bridgehead atoms. The second-order valence-corrected chi connectivity index (χ2v) is 5.15. The Balaban J connectivity index is 0.00000288. The SMILES string of the molecule is CCNC(=O)CN=C(NCC)N1CCN(c2ncccn2)CC1.I. The average molecular weight is 447 g/mol. The van der Waals surface area contributed by atoms with Crippen molar-refractivity contribution in [3.8, 4) is 0 Å². The lowest BCUT2D eigenvalue weighted by Crippen LogP contribution is -2.53. The molecule has 0 saturated carbocycles. The Hall–Kier alpha value is -1.65. The molecule has 1 aliphatic heterocycles. The van der Waals surface area contributed by atoms with Crippen LogP contribution in [0.4, 0.5) is 5.95 Å². The highest BCUT2D eigenvalue weighted by Crippen LogP contribution is 2.09. The number of halogens is 1. The number of amides is 1. The summed E-state index contributed by atoms with van der Waals surface area (Å²) in [4.78, 5) is 28.9. The van der Waals surface area contributed by atoms with Gasteiger partial charge in [0, 0.05) is 51.7 Å². The second-order valence-electron chi connectivity index (χ2n) is 5.15. The highest BCUT2D eigenvalue weighted by Gasteiger charge is 2.21. The van der Waals surface area contributed by atoms with Crippen LogP contribution in [0.3, 0.4) is 0 Å². The average Bonchev–Trinajstić information content (AvgIpc) is 2.60. The summed E-state index contributed by atoms with van der Waals surface area (Å²) in [6.07, 6.45) is 3.51. The van der Waals surface area contributed by atoms with Crippen LogP contribution in [-0.2, 0) is 4.79 Å². The first-order valence-electron chi connectivity index (χ1n) is 8.06. The number of hydrogen-bond acceptors (Lipinski definition) is 5. The summed E-state index contributed by atoms with van der Waals surface area (Å²) in [5.41, 5.74) is 0. The fourth-order valence-electron chi connectivity index (χ4n) is 2.40. The van der Waals surface area contributed by atoms with E-state index in [0.29, 0.717) is 6.54 Å². The molecule has 24 heavy (non-hydrogen) atoms. The van der Waals surface area contributed by atoms with Gasteiger partial charge in [0.25, 0.3) is 0 Å². The monoisotopic (exact) mass is 447 g/mol. The van der Waals surface area contributed by atoms with Gasteiger partial charge in [-0.05, 0) is 19.9 Å². The lowest BCUT2D eigenvalue weighted by atomic mass is 10.3. The van der Waals surface area contributed by atoms with E-state index in [0.717, 1.165) is 44.6 Å². The third-order valence-corrected chi connectivity index (χ3v) is 3.50. The molecule has 2 heterocycles. The maximum atomic E-state index is 11.6. The van der Waals surface area contributed by atoms with Crippen LogP contribution in [0.25, 0.3) is 0 Å². The van der Waals surface area contributed by atoms with E-state index < -0.39 is 0 Å². The van der Waals surface area contributed by atoms with Crippen LogP contribution in [0.2, 0.25) is 0 Å². The normalized spacial score (nSPS) is 14.8. The first-order chi connectivity index (χ1) is 11.2. The van der Waals surface area contributed by atoms with Crippen molar-refractivity contribution in [1.29, 1.82) is 0 Å². The first-order valence-corrected chi connectivity index (χ1v) is 8.06. The molecule has 2 rings (SSSR count). The number of anilines is 1. The van der Waals surface area contributed by atoms with E-state index in [1.807, 2.05) is 19.9 Å². The molecule has 0 aliphatic carbocycles. The van der Waals surface area contributed by atoms with Crippen molar-refractivity contribution in [3.05, 3.63) is 18.5 Å². The largest absolute Gasteiger partial charge is 0.357 e. The number of aliphatic imine (C=N–C) groups is 1. The molecule has 1 aromatic heterocycles. The number of nitrogens with zero attached hydrogens (tertiary/aromatic N) is 5. The maximum Gasteiger partial charge on any atom is 0.241 e. The van der Waals surface area contributed by atoms with Gasteiger partial charge in [0.2, 0.25) is 11.9 Å². The molecule has 2 N–H and O–H groups in total. The predicted octanol–water partition coefficient (Wildman–Crippen LogP) is 0.318. The fourth-order valence-corrected chi connectivity index (χ4v) is 2.40. The van der Waals surface area contributed by atoms with Gasteiger partial charge >= 0.3 is 0 Å². The Labute approximate surface area is 160 Å². The zero-order valence-electron chi connectivity index (χ0n) is 14.2. The number of piperazine rings is 1. The Kier molecular flexibility index (Phi) is 9.35. The van der Waals surface area contributed by atoms with E-state index in [9.17, 15) is 4.79 Å². The number of likely N-dealkylation sites (N-methyl/N-ethyl adjacent to an activating group) is 1. The molecule has 1 aromatic rings. The quantitative estimate of drug-likeness (QED) is 0.384. The predicted molar refractivity (Wildman–Crippen MR) is 106 cm³/mol. The van der Waals surface area contributed by atoms with E-state index in [1.165, 1.54) is 0 Å². The zero-order valence-corrected chi connectivity index (χ0v) is 16.6. The molecule has 0 radical (unpaired) electrons. The van der Waals surface area contributed by atoms with Crippen LogP contribution in [-0.4, -0.2) is 72.5 Å². The van der Waals surface area contributed by atoms with Gasteiger partial charge in [-0.3, -0.25) is 4.79 Å². The van der Waals surface area contributed by atoms with Crippen LogP contribution in [0, 0.1) is 0 Å². The topological polar surface area (TPSA) is 85.8 Å². The molecule has 8 nitrogen and oxygen atoms in total. The molecule has 1 amide bonds. The molecule has 0 unspecified atom stereocenters. The highest BCUT2D eigenvalue weighted by atomic mass is 127. The van der Waals surface area contributed by atoms with Crippen molar-refractivity contribution in [2.24, 2.45) is 4.99 Å². The van der Waals surface area contributed by atoms with E-state index in [1.54, 1.807) is 12.4 Å². The third-order valence-electron chi connectivity index (χ3n) is 3.50. The highest BCUT2D eigenvalue weighted by molar-refractivity contribution is 14.0. The number of guanidine groups is 1. The minimum Gasteiger partial charge on any atom is -0.357 e. The van der Waals surface area contributed by atoms with E-state index >= 15 is 0 Å². The van der Waals surface area contributed by atoms with Gasteiger partial charge in [-0.1, -0.05) is 0 Å². The van der Waals surface area contributed by atoms with Crippen LogP contribution in [0.5, 0.6) is 0 Å². The number of nitrogens with one attached hydrogen (secondary N) is 2. The summed E-state index contributed by atoms with van der Waals surface area (Å²) in [5, 5.41) is 6.01. The summed E-state index contributed by atoms with van der Waals surface area (Å²) in [5.74, 6) is 1.49. The Morgan fingerprint density at radius 2 is 1.75 bits per heavy atom. The lowest BCUT2D eigenvalue weighted by Gasteiger charge is -2.36. The number of carbonyl (C=O) groups is 1. The smallest absolute Gasteiger partial charge is 0.241 e. The molecule has 1 saturated heterocycles. The van der Waals surface area contributed by atoms with Crippen molar-refractivity contribution >= 4 is 41.8 Å². The number of carbonyl (C=O) groups excluding carboxylic acids is 1. The van der Waals surface area contributed by atoms with Crippen molar-refractivity contribution < 1.29 is 4.79 Å². The summed E-state index contributed by atoms with van der Waals surface area (Å²) >= 11 is 0. The number of hydrogen-bond donors (Lipinski definition) is 2. The summed E-state index contributed by atoms with van der Waals surface area (Å²) < 4.78 is 0. The van der Waals surface area contributed by atoms with Gasteiger partial charge in [-0.15, -0.1) is 24.0 Å². The van der Waals surface area contributed by atoms with E-state index in [2.05, 4.69) is 35.4 Å². The third kappa shape index (κ3) is 6.10. The van der Waals surface area contributed by atoms with Crippen LogP contribution in [0.1, 0.15) is 13.8 Å². The molecular weight excluding hydrogens is 421 g/mol. The van der Waals surface area contributed by atoms with E-state index in [-0.39, 0.29) is 36.4 Å².